The molecule has 1 amide bonds. The summed E-state index contributed by atoms with van der Waals surface area (Å²) < 4.78 is 9.06. The van der Waals surface area contributed by atoms with E-state index in [1.54, 1.807) is 20.8 Å². The molecule has 0 aliphatic heterocycles. The topological polar surface area (TPSA) is 84.9 Å². The summed E-state index contributed by atoms with van der Waals surface area (Å²) in [6.45, 7) is 5.22. The van der Waals surface area contributed by atoms with Crippen LogP contribution in [0.4, 0.5) is 9.59 Å². The molecule has 0 radical (unpaired) electrons. The zero-order valence-corrected chi connectivity index (χ0v) is 8.49. The van der Waals surface area contributed by atoms with E-state index in [0.717, 1.165) is 0 Å². The van der Waals surface area contributed by atoms with Crippen LogP contribution in [0, 0.1) is 0 Å². The van der Waals surface area contributed by atoms with Gasteiger partial charge in [0.15, 0.2) is 0 Å². The van der Waals surface area contributed by atoms with Crippen molar-refractivity contribution in [3.63, 3.8) is 0 Å². The van der Waals surface area contributed by atoms with E-state index in [2.05, 4.69) is 10.1 Å². The van der Waals surface area contributed by atoms with Crippen molar-refractivity contribution in [1.82, 2.24) is 5.32 Å². The average Bonchev–Trinajstić information content (AvgIpc) is 1.94. The smallest absolute Gasteiger partial charge is 0.450 e. The van der Waals surface area contributed by atoms with Gasteiger partial charge in [-0.3, -0.25) is 0 Å². The van der Waals surface area contributed by atoms with Gasteiger partial charge in [0.25, 0.3) is 0 Å². The summed E-state index contributed by atoms with van der Waals surface area (Å²) in [5, 5.41) is 10.4. The number of rotatable bonds is 3. The van der Waals surface area contributed by atoms with Crippen molar-refractivity contribution in [2.45, 2.75) is 26.4 Å². The number of nitrogens with one attached hydrogen (secondary N) is 1. The highest BCUT2D eigenvalue weighted by Crippen LogP contribution is 2.05. The molecule has 0 aromatic carbocycles. The van der Waals surface area contributed by atoms with Gasteiger partial charge in [-0.15, -0.1) is 0 Å². The molecule has 0 aromatic heterocycles. The van der Waals surface area contributed by atoms with E-state index in [4.69, 9.17) is 9.84 Å². The van der Waals surface area contributed by atoms with E-state index in [0.29, 0.717) is 0 Å². The Kier molecular flexibility index (Phi) is 4.76. The molecule has 0 atom stereocenters. The van der Waals surface area contributed by atoms with Gasteiger partial charge < -0.3 is 19.9 Å². The number of hydrogen-bond donors (Lipinski definition) is 2. The molecule has 0 saturated heterocycles. The zero-order chi connectivity index (χ0) is 11.2. The highest BCUT2D eigenvalue weighted by atomic mass is 16.7. The average molecular weight is 205 g/mol. The molecular weight excluding hydrogens is 190 g/mol. The van der Waals surface area contributed by atoms with Gasteiger partial charge in [-0.2, -0.15) is 0 Å². The van der Waals surface area contributed by atoms with Crippen LogP contribution in [0.1, 0.15) is 20.8 Å². The van der Waals surface area contributed by atoms with Gasteiger partial charge in [0.1, 0.15) is 12.2 Å². The van der Waals surface area contributed by atoms with Crippen LogP contribution in [0.2, 0.25) is 0 Å². The predicted octanol–water partition coefficient (Wildman–Crippen LogP) is 1.21. The van der Waals surface area contributed by atoms with Crippen molar-refractivity contribution in [2.75, 3.05) is 13.2 Å². The lowest BCUT2D eigenvalue weighted by Crippen LogP contribution is -2.34. The number of carboxylic acid groups (broad SMARTS) is 1. The fraction of sp³-hybridized carbons (Fsp3) is 0.750. The second kappa shape index (κ2) is 5.31. The quantitative estimate of drug-likeness (QED) is 0.534. The Morgan fingerprint density at radius 1 is 1.36 bits per heavy atom. The van der Waals surface area contributed by atoms with Gasteiger partial charge in [0, 0.05) is 0 Å². The maximum absolute atomic E-state index is 11.0. The fourth-order valence-corrected chi connectivity index (χ4v) is 0.606. The number of carbonyl (C=O) groups is 2. The van der Waals surface area contributed by atoms with Crippen LogP contribution in [-0.2, 0) is 9.47 Å². The second-order valence-corrected chi connectivity index (χ2v) is 3.54. The molecule has 6 nitrogen and oxygen atoms in total. The fourth-order valence-electron chi connectivity index (χ4n) is 0.606. The molecule has 0 heterocycles. The molecule has 0 aromatic rings. The van der Waals surface area contributed by atoms with Crippen molar-refractivity contribution in [1.29, 1.82) is 0 Å². The molecule has 0 aliphatic carbocycles. The molecule has 82 valence electrons. The zero-order valence-electron chi connectivity index (χ0n) is 8.49. The van der Waals surface area contributed by atoms with Crippen LogP contribution in [-0.4, -0.2) is 36.1 Å². The lowest BCUT2D eigenvalue weighted by molar-refractivity contribution is 0.0494. The van der Waals surface area contributed by atoms with Gasteiger partial charge in [-0.25, -0.2) is 9.59 Å². The first kappa shape index (κ1) is 12.5. The first-order valence-corrected chi connectivity index (χ1v) is 4.14. The Bertz CT molecular complexity index is 208. The third kappa shape index (κ3) is 8.63. The van der Waals surface area contributed by atoms with E-state index < -0.39 is 17.8 Å². The minimum Gasteiger partial charge on any atom is -0.450 e. The van der Waals surface area contributed by atoms with Crippen molar-refractivity contribution in [3.8, 4) is 0 Å². The molecule has 0 rings (SSSR count). The number of amides is 1. The van der Waals surface area contributed by atoms with Gasteiger partial charge in [0.05, 0.1) is 6.54 Å². The number of ether oxygens (including phenoxy) is 2. The molecule has 0 fully saturated rings. The molecular formula is C8H15NO5. The largest absolute Gasteiger partial charge is 0.505 e. The predicted molar refractivity (Wildman–Crippen MR) is 48.2 cm³/mol. The van der Waals surface area contributed by atoms with Crippen LogP contribution in [0.3, 0.4) is 0 Å². The van der Waals surface area contributed by atoms with E-state index in [1.807, 2.05) is 0 Å². The number of hydrogen-bond acceptors (Lipinski definition) is 4. The summed E-state index contributed by atoms with van der Waals surface area (Å²) >= 11 is 0. The Morgan fingerprint density at radius 3 is 2.36 bits per heavy atom. The third-order valence-corrected chi connectivity index (χ3v) is 0.996. The van der Waals surface area contributed by atoms with Crippen molar-refractivity contribution in [3.05, 3.63) is 0 Å². The summed E-state index contributed by atoms with van der Waals surface area (Å²) in [6.07, 6.45) is -1.96. The van der Waals surface area contributed by atoms with Gasteiger partial charge >= 0.3 is 12.2 Å². The lowest BCUT2D eigenvalue weighted by atomic mass is 10.2. The SMILES string of the molecule is CC(C)(C)OC(=O)NCCOC(=O)O. The Balaban J connectivity index is 3.50. The minimum atomic E-state index is -1.36. The van der Waals surface area contributed by atoms with Crippen LogP contribution in [0.5, 0.6) is 0 Å². The maximum atomic E-state index is 11.0. The normalized spacial score (nSPS) is 10.5. The minimum absolute atomic E-state index is 0.0887. The van der Waals surface area contributed by atoms with Crippen LogP contribution < -0.4 is 5.32 Å². The van der Waals surface area contributed by atoms with E-state index in [-0.39, 0.29) is 13.2 Å². The van der Waals surface area contributed by atoms with Crippen molar-refractivity contribution < 1.29 is 24.2 Å². The second-order valence-electron chi connectivity index (χ2n) is 3.54. The molecule has 0 bridgehead atoms. The highest BCUT2D eigenvalue weighted by molar-refractivity contribution is 5.67. The molecule has 0 unspecified atom stereocenters. The van der Waals surface area contributed by atoms with Crippen LogP contribution in [0.25, 0.3) is 0 Å². The standard InChI is InChI=1S/C8H15NO5/c1-8(2,3)14-6(10)9-4-5-13-7(11)12/h4-5H2,1-3H3,(H,9,10)(H,11,12). The molecule has 0 saturated carbocycles. The number of carbonyl (C=O) groups excluding carboxylic acids is 1. The van der Waals surface area contributed by atoms with E-state index in [9.17, 15) is 9.59 Å². The summed E-state index contributed by atoms with van der Waals surface area (Å²) in [7, 11) is 0. The summed E-state index contributed by atoms with van der Waals surface area (Å²) in [5.41, 5.74) is -0.558. The Labute approximate surface area is 82.2 Å². The van der Waals surface area contributed by atoms with E-state index >= 15 is 0 Å². The molecule has 6 heteroatoms. The Hall–Kier alpha value is -1.46. The molecule has 14 heavy (non-hydrogen) atoms. The Morgan fingerprint density at radius 2 is 1.93 bits per heavy atom. The number of alkyl carbamates (subject to hydrolysis) is 1. The van der Waals surface area contributed by atoms with Crippen molar-refractivity contribution in [2.24, 2.45) is 0 Å². The summed E-state index contributed by atoms with van der Waals surface area (Å²) in [5.74, 6) is 0. The maximum Gasteiger partial charge on any atom is 0.505 e. The molecule has 0 aliphatic rings. The highest BCUT2D eigenvalue weighted by Gasteiger charge is 2.15. The first-order valence-electron chi connectivity index (χ1n) is 4.14. The van der Waals surface area contributed by atoms with Crippen molar-refractivity contribution >= 4 is 12.2 Å². The first-order chi connectivity index (χ1) is 6.31. The van der Waals surface area contributed by atoms with Gasteiger partial charge in [0.2, 0.25) is 0 Å². The van der Waals surface area contributed by atoms with Gasteiger partial charge in [-0.05, 0) is 20.8 Å². The van der Waals surface area contributed by atoms with Crippen LogP contribution in [0.15, 0.2) is 0 Å². The summed E-state index contributed by atoms with van der Waals surface area (Å²) in [4.78, 5) is 20.9. The molecule has 2 N–H and O–H groups in total. The summed E-state index contributed by atoms with van der Waals surface area (Å²) in [6, 6.07) is 0. The van der Waals surface area contributed by atoms with Gasteiger partial charge in [-0.1, -0.05) is 0 Å². The lowest BCUT2D eigenvalue weighted by Gasteiger charge is -2.19. The van der Waals surface area contributed by atoms with E-state index in [1.165, 1.54) is 0 Å². The third-order valence-electron chi connectivity index (χ3n) is 0.996. The van der Waals surface area contributed by atoms with Crippen LogP contribution >= 0.6 is 0 Å². The molecule has 0 spiro atoms. The monoisotopic (exact) mass is 205 g/mol.